The Morgan fingerprint density at radius 3 is 2.45 bits per heavy atom. The van der Waals surface area contributed by atoms with Crippen molar-refractivity contribution in [3.63, 3.8) is 0 Å². The van der Waals surface area contributed by atoms with Gasteiger partial charge in [0.25, 0.3) is 5.91 Å². The van der Waals surface area contributed by atoms with E-state index >= 15 is 0 Å². The van der Waals surface area contributed by atoms with E-state index in [1.807, 2.05) is 62.5 Å². The first-order valence-electron chi connectivity index (χ1n) is 10.2. The van der Waals surface area contributed by atoms with E-state index < -0.39 is 6.04 Å². The number of hydrogen-bond donors (Lipinski definition) is 1. The molecule has 1 atom stereocenters. The van der Waals surface area contributed by atoms with Gasteiger partial charge in [-0.25, -0.2) is 0 Å². The molecular formula is C24H27N3O2. The third-order valence-electron chi connectivity index (χ3n) is 5.66. The standard InChI is InChI=1S/C24H27N3O2/c1-15(2)22(27-14-17-8-5-6-9-18(17)24(27)29)23(28)25-20-10-7-11-21-19(20)12-13-26(21)16(3)4/h5-13,15-16,22H,14H2,1-4H3,(H,25,28)/t22-/m1/s1. The average Bonchev–Trinajstić information content (AvgIpc) is 3.25. The molecule has 5 nitrogen and oxygen atoms in total. The summed E-state index contributed by atoms with van der Waals surface area (Å²) in [4.78, 5) is 27.9. The van der Waals surface area contributed by atoms with Crippen molar-refractivity contribution in [3.8, 4) is 0 Å². The summed E-state index contributed by atoms with van der Waals surface area (Å²) in [6.45, 7) is 8.71. The Morgan fingerprint density at radius 1 is 1.00 bits per heavy atom. The monoisotopic (exact) mass is 389 g/mol. The third-order valence-corrected chi connectivity index (χ3v) is 5.66. The lowest BCUT2D eigenvalue weighted by Crippen LogP contribution is -2.47. The van der Waals surface area contributed by atoms with Gasteiger partial charge in [-0.05, 0) is 49.6 Å². The van der Waals surface area contributed by atoms with Crippen LogP contribution in [-0.2, 0) is 11.3 Å². The second kappa shape index (κ2) is 7.39. The van der Waals surface area contributed by atoms with Gasteiger partial charge in [-0.2, -0.15) is 0 Å². The van der Waals surface area contributed by atoms with Crippen LogP contribution in [0.25, 0.3) is 10.9 Å². The smallest absolute Gasteiger partial charge is 0.255 e. The van der Waals surface area contributed by atoms with Gasteiger partial charge in [-0.15, -0.1) is 0 Å². The molecule has 0 saturated heterocycles. The number of rotatable bonds is 5. The van der Waals surface area contributed by atoms with Gasteiger partial charge in [-0.1, -0.05) is 38.1 Å². The van der Waals surface area contributed by atoms with Crippen LogP contribution in [0, 0.1) is 5.92 Å². The number of nitrogens with one attached hydrogen (secondary N) is 1. The van der Waals surface area contributed by atoms with Crippen LogP contribution in [0.5, 0.6) is 0 Å². The highest BCUT2D eigenvalue weighted by atomic mass is 16.2. The molecule has 0 fully saturated rings. The van der Waals surface area contributed by atoms with Gasteiger partial charge < -0.3 is 14.8 Å². The van der Waals surface area contributed by atoms with E-state index in [9.17, 15) is 9.59 Å². The van der Waals surface area contributed by atoms with Crippen molar-refractivity contribution in [3.05, 3.63) is 65.9 Å². The van der Waals surface area contributed by atoms with E-state index in [4.69, 9.17) is 0 Å². The molecular weight excluding hydrogens is 362 g/mol. The van der Waals surface area contributed by atoms with Crippen molar-refractivity contribution in [2.75, 3.05) is 5.32 Å². The molecule has 2 aromatic carbocycles. The normalized spacial score (nSPS) is 14.7. The van der Waals surface area contributed by atoms with Gasteiger partial charge in [-0.3, -0.25) is 9.59 Å². The average molecular weight is 389 g/mol. The summed E-state index contributed by atoms with van der Waals surface area (Å²) in [5, 5.41) is 4.10. The molecule has 0 radical (unpaired) electrons. The molecule has 0 spiro atoms. The minimum atomic E-state index is -0.530. The van der Waals surface area contributed by atoms with E-state index in [2.05, 4.69) is 29.8 Å². The predicted molar refractivity (Wildman–Crippen MR) is 116 cm³/mol. The van der Waals surface area contributed by atoms with Gasteiger partial charge in [0.1, 0.15) is 6.04 Å². The van der Waals surface area contributed by atoms with Gasteiger partial charge >= 0.3 is 0 Å². The number of fused-ring (bicyclic) bond motifs is 2. The molecule has 29 heavy (non-hydrogen) atoms. The molecule has 2 heterocycles. The predicted octanol–water partition coefficient (Wildman–Crippen LogP) is 4.84. The number of carbonyl (C=O) groups is 2. The fraction of sp³-hybridized carbons (Fsp3) is 0.333. The van der Waals surface area contributed by atoms with Crippen LogP contribution in [0.4, 0.5) is 5.69 Å². The Labute approximate surface area is 171 Å². The lowest BCUT2D eigenvalue weighted by atomic mass is 10.0. The van der Waals surface area contributed by atoms with Gasteiger partial charge in [0.05, 0.1) is 11.2 Å². The Hall–Kier alpha value is -3.08. The van der Waals surface area contributed by atoms with Crippen LogP contribution in [0.2, 0.25) is 0 Å². The van der Waals surface area contributed by atoms with Crippen molar-refractivity contribution < 1.29 is 9.59 Å². The van der Waals surface area contributed by atoms with E-state index in [-0.39, 0.29) is 17.7 Å². The summed E-state index contributed by atoms with van der Waals surface area (Å²) in [5.41, 5.74) is 3.54. The Morgan fingerprint density at radius 2 is 1.76 bits per heavy atom. The van der Waals surface area contributed by atoms with Gasteiger partial charge in [0.15, 0.2) is 0 Å². The summed E-state index contributed by atoms with van der Waals surface area (Å²) in [6.07, 6.45) is 2.05. The molecule has 2 amide bonds. The highest BCUT2D eigenvalue weighted by Crippen LogP contribution is 2.30. The summed E-state index contributed by atoms with van der Waals surface area (Å²) >= 11 is 0. The first-order valence-corrected chi connectivity index (χ1v) is 10.2. The van der Waals surface area contributed by atoms with Gasteiger partial charge in [0, 0.05) is 29.7 Å². The van der Waals surface area contributed by atoms with E-state index in [0.29, 0.717) is 18.2 Å². The second-order valence-corrected chi connectivity index (χ2v) is 8.32. The maximum Gasteiger partial charge on any atom is 0.255 e. The van der Waals surface area contributed by atoms with Crippen molar-refractivity contribution in [1.82, 2.24) is 9.47 Å². The molecule has 1 N–H and O–H groups in total. The first-order chi connectivity index (χ1) is 13.9. The molecule has 1 aliphatic heterocycles. The van der Waals surface area contributed by atoms with Crippen LogP contribution in [0.15, 0.2) is 54.7 Å². The Kier molecular flexibility index (Phi) is 4.91. The molecule has 5 heteroatoms. The number of carbonyl (C=O) groups excluding carboxylic acids is 2. The third kappa shape index (κ3) is 3.31. The van der Waals surface area contributed by atoms with E-state index in [0.717, 1.165) is 22.2 Å². The van der Waals surface area contributed by atoms with Crippen LogP contribution in [0.1, 0.15) is 49.7 Å². The van der Waals surface area contributed by atoms with Crippen LogP contribution < -0.4 is 5.32 Å². The summed E-state index contributed by atoms with van der Waals surface area (Å²) in [6, 6.07) is 15.4. The fourth-order valence-electron chi connectivity index (χ4n) is 4.26. The summed E-state index contributed by atoms with van der Waals surface area (Å²) in [5.74, 6) is -0.225. The summed E-state index contributed by atoms with van der Waals surface area (Å²) < 4.78 is 2.19. The van der Waals surface area contributed by atoms with Crippen molar-refractivity contribution >= 4 is 28.4 Å². The zero-order valence-electron chi connectivity index (χ0n) is 17.3. The minimum Gasteiger partial charge on any atom is -0.345 e. The molecule has 4 rings (SSSR count). The molecule has 0 saturated carbocycles. The molecule has 1 aromatic heterocycles. The molecule has 0 bridgehead atoms. The lowest BCUT2D eigenvalue weighted by molar-refractivity contribution is -0.122. The topological polar surface area (TPSA) is 54.3 Å². The lowest BCUT2D eigenvalue weighted by Gasteiger charge is -2.30. The SMILES string of the molecule is CC(C)[C@H](C(=O)Nc1cccc2c1ccn2C(C)C)N1Cc2ccccc2C1=O. The Balaban J connectivity index is 1.63. The van der Waals surface area contributed by atoms with Gasteiger partial charge in [0.2, 0.25) is 5.91 Å². The second-order valence-electron chi connectivity index (χ2n) is 8.32. The van der Waals surface area contributed by atoms with Crippen LogP contribution in [0.3, 0.4) is 0 Å². The first kappa shape index (κ1) is 19.2. The number of anilines is 1. The molecule has 0 unspecified atom stereocenters. The zero-order valence-corrected chi connectivity index (χ0v) is 17.3. The molecule has 0 aliphatic carbocycles. The number of hydrogen-bond acceptors (Lipinski definition) is 2. The number of amides is 2. The summed E-state index contributed by atoms with van der Waals surface area (Å²) in [7, 11) is 0. The Bertz CT molecular complexity index is 1080. The van der Waals surface area contributed by atoms with Crippen LogP contribution >= 0.6 is 0 Å². The van der Waals surface area contributed by atoms with Crippen LogP contribution in [-0.4, -0.2) is 27.3 Å². The number of nitrogens with zero attached hydrogens (tertiary/aromatic N) is 2. The largest absolute Gasteiger partial charge is 0.345 e. The van der Waals surface area contributed by atoms with Crippen molar-refractivity contribution in [1.29, 1.82) is 0 Å². The maximum atomic E-state index is 13.3. The number of aromatic nitrogens is 1. The van der Waals surface area contributed by atoms with Crippen molar-refractivity contribution in [2.24, 2.45) is 5.92 Å². The highest BCUT2D eigenvalue weighted by molar-refractivity contribution is 6.06. The molecule has 3 aromatic rings. The van der Waals surface area contributed by atoms with Crippen molar-refractivity contribution in [2.45, 2.75) is 46.3 Å². The minimum absolute atomic E-state index is 0.00673. The zero-order chi connectivity index (χ0) is 20.7. The van der Waals surface area contributed by atoms with E-state index in [1.54, 1.807) is 4.90 Å². The molecule has 1 aliphatic rings. The number of benzene rings is 2. The maximum absolute atomic E-state index is 13.3. The van der Waals surface area contributed by atoms with E-state index in [1.165, 1.54) is 0 Å². The fourth-order valence-corrected chi connectivity index (χ4v) is 4.26. The molecule has 150 valence electrons. The highest BCUT2D eigenvalue weighted by Gasteiger charge is 2.38. The quantitative estimate of drug-likeness (QED) is 0.679.